The number of hydrogen-bond donors (Lipinski definition) is 2. The summed E-state index contributed by atoms with van der Waals surface area (Å²) in [6, 6.07) is 7.47. The van der Waals surface area contributed by atoms with Crippen LogP contribution in [0.15, 0.2) is 59.3 Å². The minimum Gasteiger partial charge on any atom is -0.384 e. The minimum atomic E-state index is -1.04. The normalized spacial score (nSPS) is 21.3. The number of nitrogens with one attached hydrogen (secondary N) is 2. The van der Waals surface area contributed by atoms with Gasteiger partial charge < -0.3 is 10.2 Å². The van der Waals surface area contributed by atoms with Gasteiger partial charge in [0.25, 0.3) is 11.8 Å². The number of imide groups is 2. The lowest BCUT2D eigenvalue weighted by Crippen LogP contribution is -2.54. The van der Waals surface area contributed by atoms with Crippen LogP contribution in [0.1, 0.15) is 36.8 Å². The van der Waals surface area contributed by atoms with Crippen LogP contribution in [-0.2, 0) is 32.3 Å². The van der Waals surface area contributed by atoms with Gasteiger partial charge in [0, 0.05) is 63.0 Å². The van der Waals surface area contributed by atoms with E-state index in [1.54, 1.807) is 18.2 Å². The van der Waals surface area contributed by atoms with Crippen LogP contribution in [0.4, 0.5) is 18.9 Å². The van der Waals surface area contributed by atoms with Crippen molar-refractivity contribution >= 4 is 29.3 Å². The lowest BCUT2D eigenvalue weighted by molar-refractivity contribution is -0.149. The number of hydrogen-bond acceptors (Lipinski definition) is 7. The zero-order valence-electron chi connectivity index (χ0n) is 23.3. The second-order valence-corrected chi connectivity index (χ2v) is 11.1. The van der Waals surface area contributed by atoms with E-state index in [0.29, 0.717) is 68.1 Å². The molecule has 2 N–H and O–H groups in total. The van der Waals surface area contributed by atoms with E-state index >= 15 is 4.39 Å². The molecule has 4 amide bonds. The first kappa shape index (κ1) is 28.7. The molecule has 3 heterocycles. The molecule has 224 valence electrons. The van der Waals surface area contributed by atoms with Gasteiger partial charge in [0.1, 0.15) is 23.5 Å². The van der Waals surface area contributed by atoms with Crippen molar-refractivity contribution in [3.05, 3.63) is 87.9 Å². The maximum atomic E-state index is 15.1. The average molecular weight is 594 g/mol. The van der Waals surface area contributed by atoms with Crippen LogP contribution in [0.3, 0.4) is 0 Å². The number of rotatable bonds is 7. The van der Waals surface area contributed by atoms with Gasteiger partial charge in [-0.3, -0.25) is 34.3 Å². The zero-order valence-corrected chi connectivity index (χ0v) is 23.3. The van der Waals surface area contributed by atoms with Crippen molar-refractivity contribution in [1.29, 1.82) is 0 Å². The molecule has 0 bridgehead atoms. The third kappa shape index (κ3) is 5.66. The average Bonchev–Trinajstić information content (AvgIpc) is 3.23. The number of carbonyl (C=O) groups is 4. The third-order valence-corrected chi connectivity index (χ3v) is 8.36. The number of carbonyl (C=O) groups excluding carboxylic acids is 4. The van der Waals surface area contributed by atoms with Crippen LogP contribution in [0.25, 0.3) is 0 Å². The van der Waals surface area contributed by atoms with Gasteiger partial charge in [-0.05, 0) is 43.0 Å². The summed E-state index contributed by atoms with van der Waals surface area (Å²) in [5.41, 5.74) is 2.55. The van der Waals surface area contributed by atoms with E-state index in [-0.39, 0.29) is 36.3 Å². The Morgan fingerprint density at radius 2 is 1.67 bits per heavy atom. The standard InChI is InChI=1S/C31H30F3N5O4/c32-20-6-7-25(23(34)15-20)38-12-10-37(11-13-38)17-19-5-4-18(14-22(19)33)16-35-24-3-1-2-21-28(24)31(43)39(30(21)42)26-8-9-27(40)36-29(26)41/h2,4-7,14-15,26,35H,1,3,8-13,16-17H2,(H,36,40,41). The highest BCUT2D eigenvalue weighted by atomic mass is 19.1. The van der Waals surface area contributed by atoms with E-state index in [4.69, 9.17) is 0 Å². The summed E-state index contributed by atoms with van der Waals surface area (Å²) in [6.45, 7) is 2.86. The lowest BCUT2D eigenvalue weighted by Gasteiger charge is -2.36. The molecule has 6 rings (SSSR count). The fourth-order valence-corrected chi connectivity index (χ4v) is 6.08. The first-order valence-electron chi connectivity index (χ1n) is 14.3. The molecule has 1 aliphatic carbocycles. The maximum Gasteiger partial charge on any atom is 0.264 e. The van der Waals surface area contributed by atoms with Crippen molar-refractivity contribution in [3.8, 4) is 0 Å². The summed E-state index contributed by atoms with van der Waals surface area (Å²) in [6.07, 6.45) is 2.83. The summed E-state index contributed by atoms with van der Waals surface area (Å²) in [5, 5.41) is 5.40. The first-order valence-corrected chi connectivity index (χ1v) is 14.3. The molecule has 1 unspecified atom stereocenters. The smallest absolute Gasteiger partial charge is 0.264 e. The highest BCUT2D eigenvalue weighted by molar-refractivity contribution is 6.26. The van der Waals surface area contributed by atoms with Crippen LogP contribution in [0.5, 0.6) is 0 Å². The van der Waals surface area contributed by atoms with E-state index in [0.717, 1.165) is 11.0 Å². The van der Waals surface area contributed by atoms with E-state index in [2.05, 4.69) is 15.5 Å². The van der Waals surface area contributed by atoms with E-state index in [1.807, 2.05) is 4.90 Å². The molecule has 3 fully saturated rings. The van der Waals surface area contributed by atoms with Crippen molar-refractivity contribution in [2.24, 2.45) is 0 Å². The van der Waals surface area contributed by atoms with Crippen molar-refractivity contribution in [2.75, 3.05) is 31.1 Å². The fraction of sp³-hybridized carbons (Fsp3) is 0.355. The van der Waals surface area contributed by atoms with Crippen LogP contribution in [0.2, 0.25) is 0 Å². The molecule has 0 spiro atoms. The lowest BCUT2D eigenvalue weighted by atomic mass is 9.96. The monoisotopic (exact) mass is 593 g/mol. The number of halogens is 3. The molecule has 1 atom stereocenters. The minimum absolute atomic E-state index is 0.0460. The number of allylic oxidation sites excluding steroid dienone is 2. The summed E-state index contributed by atoms with van der Waals surface area (Å²) < 4.78 is 42.5. The molecule has 9 nitrogen and oxygen atoms in total. The molecule has 0 aromatic heterocycles. The first-order chi connectivity index (χ1) is 20.7. The van der Waals surface area contributed by atoms with Crippen molar-refractivity contribution in [3.63, 3.8) is 0 Å². The molecule has 12 heteroatoms. The molecule has 4 aliphatic rings. The Hall–Kier alpha value is -4.45. The van der Waals surface area contributed by atoms with Crippen molar-refractivity contribution in [1.82, 2.24) is 20.4 Å². The molecule has 2 aromatic carbocycles. The Kier molecular flexibility index (Phi) is 7.78. The molecular formula is C31H30F3N5O4. The van der Waals surface area contributed by atoms with Crippen LogP contribution in [0, 0.1) is 17.5 Å². The molecule has 2 aromatic rings. The number of piperazine rings is 1. The molecule has 3 aliphatic heterocycles. The van der Waals surface area contributed by atoms with Gasteiger partial charge in [-0.25, -0.2) is 13.2 Å². The Balaban J connectivity index is 1.08. The fourth-order valence-electron chi connectivity index (χ4n) is 6.08. The Morgan fingerprint density at radius 3 is 2.40 bits per heavy atom. The third-order valence-electron chi connectivity index (χ3n) is 8.36. The highest BCUT2D eigenvalue weighted by Gasteiger charge is 2.48. The van der Waals surface area contributed by atoms with Gasteiger partial charge in [0.05, 0.1) is 16.8 Å². The summed E-state index contributed by atoms with van der Waals surface area (Å²) in [4.78, 5) is 55.2. The van der Waals surface area contributed by atoms with Gasteiger partial charge in [-0.15, -0.1) is 0 Å². The zero-order chi connectivity index (χ0) is 30.2. The second kappa shape index (κ2) is 11.7. The predicted octanol–water partition coefficient (Wildman–Crippen LogP) is 2.66. The number of piperidine rings is 1. The van der Waals surface area contributed by atoms with Crippen LogP contribution >= 0.6 is 0 Å². The van der Waals surface area contributed by atoms with E-state index < -0.39 is 41.3 Å². The molecule has 3 saturated heterocycles. The van der Waals surface area contributed by atoms with Crippen molar-refractivity contribution in [2.45, 2.75) is 44.8 Å². The number of fused-ring (bicyclic) bond motifs is 1. The molecule has 0 radical (unpaired) electrons. The summed E-state index contributed by atoms with van der Waals surface area (Å²) in [7, 11) is 0. The topological polar surface area (TPSA) is 102 Å². The summed E-state index contributed by atoms with van der Waals surface area (Å²) in [5.74, 6) is -3.81. The number of nitrogens with zero attached hydrogens (tertiary/aromatic N) is 3. The van der Waals surface area contributed by atoms with Gasteiger partial charge in [-0.1, -0.05) is 18.2 Å². The van der Waals surface area contributed by atoms with Gasteiger partial charge >= 0.3 is 0 Å². The van der Waals surface area contributed by atoms with E-state index in [9.17, 15) is 28.0 Å². The highest BCUT2D eigenvalue weighted by Crippen LogP contribution is 2.35. The number of likely N-dealkylation sites (tertiary alicyclic amines) is 1. The second-order valence-electron chi connectivity index (χ2n) is 11.1. The number of benzene rings is 2. The predicted molar refractivity (Wildman–Crippen MR) is 149 cm³/mol. The maximum absolute atomic E-state index is 15.1. The van der Waals surface area contributed by atoms with Crippen LogP contribution < -0.4 is 15.5 Å². The molecular weight excluding hydrogens is 563 g/mol. The quantitative estimate of drug-likeness (QED) is 0.476. The molecule has 43 heavy (non-hydrogen) atoms. The van der Waals surface area contributed by atoms with Gasteiger partial charge in [0.2, 0.25) is 11.8 Å². The van der Waals surface area contributed by atoms with Gasteiger partial charge in [0.15, 0.2) is 0 Å². The largest absolute Gasteiger partial charge is 0.384 e. The summed E-state index contributed by atoms with van der Waals surface area (Å²) >= 11 is 0. The van der Waals surface area contributed by atoms with Crippen LogP contribution in [-0.4, -0.2) is 65.6 Å². The van der Waals surface area contributed by atoms with Crippen molar-refractivity contribution < 1.29 is 32.3 Å². The van der Waals surface area contributed by atoms with E-state index in [1.165, 1.54) is 18.2 Å². The van der Waals surface area contributed by atoms with Gasteiger partial charge in [-0.2, -0.15) is 0 Å². The Labute approximate surface area is 246 Å². The number of anilines is 1. The molecule has 0 saturated carbocycles. The SMILES string of the molecule is O=C1CCC(N2C(=O)C3=CCCC(NCc4ccc(CN5CCN(c6ccc(F)cc6F)CC5)c(F)c4)=C3C2=O)C(=O)N1. The number of amides is 4. The Morgan fingerprint density at radius 1 is 0.884 bits per heavy atom. The Bertz CT molecular complexity index is 1580.